The van der Waals surface area contributed by atoms with Crippen molar-refractivity contribution in [3.8, 4) is 17.9 Å². The fourth-order valence-corrected chi connectivity index (χ4v) is 4.96. The molecule has 150 valence electrons. The molecule has 1 aromatic carbocycles. The van der Waals surface area contributed by atoms with Gasteiger partial charge in [0.1, 0.15) is 34.1 Å². The van der Waals surface area contributed by atoms with Crippen LogP contribution in [0.4, 0.5) is 9.39 Å². The van der Waals surface area contributed by atoms with Crippen molar-refractivity contribution < 1.29 is 9.13 Å². The number of ether oxygens (including phenoxy) is 1. The molecule has 4 rings (SSSR count). The molecule has 1 atom stereocenters. The minimum Gasteiger partial charge on any atom is -0.438 e. The van der Waals surface area contributed by atoms with Gasteiger partial charge in [0.2, 0.25) is 5.88 Å². The molecule has 0 radical (unpaired) electrons. The molecule has 30 heavy (non-hydrogen) atoms. The van der Waals surface area contributed by atoms with E-state index >= 15 is 0 Å². The van der Waals surface area contributed by atoms with Gasteiger partial charge in [-0.1, -0.05) is 17.7 Å². The first-order valence-electron chi connectivity index (χ1n) is 8.81. The van der Waals surface area contributed by atoms with Crippen molar-refractivity contribution in [2.24, 2.45) is 5.73 Å². The highest BCUT2D eigenvalue weighted by Gasteiger charge is 2.38. The number of H-pyrrole nitrogens is 1. The number of hydrogen-bond acceptors (Lipinski definition) is 7. The van der Waals surface area contributed by atoms with Gasteiger partial charge in [-0.3, -0.25) is 4.79 Å². The molecule has 0 saturated heterocycles. The third-order valence-corrected chi connectivity index (χ3v) is 6.23. The van der Waals surface area contributed by atoms with Crippen molar-refractivity contribution in [2.45, 2.75) is 12.8 Å². The van der Waals surface area contributed by atoms with Crippen LogP contribution in [-0.4, -0.2) is 11.5 Å². The number of rotatable bonds is 3. The van der Waals surface area contributed by atoms with Gasteiger partial charge in [0.25, 0.3) is 5.56 Å². The quantitative estimate of drug-likeness (QED) is 0.565. The van der Waals surface area contributed by atoms with Crippen LogP contribution < -0.4 is 21.3 Å². The molecule has 1 aliphatic rings. The molecule has 0 bridgehead atoms. The Morgan fingerprint density at radius 3 is 2.77 bits per heavy atom. The molecule has 7 nitrogen and oxygen atoms in total. The molecule has 1 aliphatic heterocycles. The van der Waals surface area contributed by atoms with Crippen LogP contribution in [0.1, 0.15) is 29.5 Å². The number of nitrogens with two attached hydrogens (primary N) is 1. The second-order valence-electron chi connectivity index (χ2n) is 6.41. The third-order valence-electron chi connectivity index (χ3n) is 4.76. The molecular weight excluding hydrogens is 429 g/mol. The highest BCUT2D eigenvalue weighted by molar-refractivity contribution is 7.23. The Bertz CT molecular complexity index is 1360. The first-order valence-corrected chi connectivity index (χ1v) is 10.00. The predicted molar refractivity (Wildman–Crippen MR) is 112 cm³/mol. The average molecular weight is 442 g/mol. The number of nitriles is 2. The Kier molecular flexibility index (Phi) is 4.86. The van der Waals surface area contributed by atoms with Crippen LogP contribution in [0.15, 0.2) is 34.4 Å². The van der Waals surface area contributed by atoms with E-state index in [1.165, 1.54) is 29.5 Å². The van der Waals surface area contributed by atoms with Gasteiger partial charge in [-0.25, -0.2) is 4.39 Å². The first-order chi connectivity index (χ1) is 14.4. The van der Waals surface area contributed by atoms with E-state index in [-0.39, 0.29) is 44.4 Å². The Hall–Kier alpha value is -3.53. The second-order valence-corrected chi connectivity index (χ2v) is 7.84. The van der Waals surface area contributed by atoms with Crippen LogP contribution in [0.3, 0.4) is 0 Å². The van der Waals surface area contributed by atoms with E-state index in [1.54, 1.807) is 0 Å². The fourth-order valence-electron chi connectivity index (χ4n) is 3.52. The monoisotopic (exact) mass is 441 g/mol. The number of allylic oxidation sites excluding steroid dienone is 1. The molecule has 0 fully saturated rings. The molecule has 1 unspecified atom stereocenters. The van der Waals surface area contributed by atoms with Crippen LogP contribution in [0.25, 0.3) is 10.2 Å². The van der Waals surface area contributed by atoms with E-state index in [0.717, 1.165) is 0 Å². The van der Waals surface area contributed by atoms with Gasteiger partial charge >= 0.3 is 0 Å². The maximum Gasteiger partial charge on any atom is 0.256 e. The van der Waals surface area contributed by atoms with Gasteiger partial charge in [-0.15, -0.1) is 11.3 Å². The van der Waals surface area contributed by atoms with E-state index in [0.29, 0.717) is 16.2 Å². The van der Waals surface area contributed by atoms with Gasteiger partial charge in [0.05, 0.1) is 21.7 Å². The smallest absolute Gasteiger partial charge is 0.256 e. The topological polar surface area (TPSA) is 128 Å². The summed E-state index contributed by atoms with van der Waals surface area (Å²) >= 11 is 7.44. The van der Waals surface area contributed by atoms with E-state index in [1.807, 2.05) is 13.0 Å². The Morgan fingerprint density at radius 2 is 2.13 bits per heavy atom. The normalized spacial score (nSPS) is 15.3. The summed E-state index contributed by atoms with van der Waals surface area (Å²) in [5, 5.41) is 22.9. The molecule has 4 N–H and O–H groups in total. The lowest BCUT2D eigenvalue weighted by Gasteiger charge is -2.26. The number of nitrogens with zero attached hydrogens (tertiary/aromatic N) is 2. The van der Waals surface area contributed by atoms with Crippen LogP contribution in [0, 0.1) is 28.5 Å². The maximum absolute atomic E-state index is 14.8. The molecule has 3 aromatic rings. The minimum atomic E-state index is -1.16. The third kappa shape index (κ3) is 2.79. The number of aromatic amines is 1. The lowest BCUT2D eigenvalue weighted by Crippen LogP contribution is -2.28. The summed E-state index contributed by atoms with van der Waals surface area (Å²) < 4.78 is 20.9. The molecular formula is C20H13ClFN5O2S. The van der Waals surface area contributed by atoms with Gasteiger partial charge in [0, 0.05) is 17.1 Å². The van der Waals surface area contributed by atoms with Gasteiger partial charge < -0.3 is 20.8 Å². The largest absolute Gasteiger partial charge is 0.438 e. The average Bonchev–Trinajstić information content (AvgIpc) is 3.05. The van der Waals surface area contributed by atoms with E-state index in [2.05, 4.69) is 16.4 Å². The molecule has 0 saturated carbocycles. The molecule has 2 aromatic heterocycles. The van der Waals surface area contributed by atoms with E-state index < -0.39 is 17.3 Å². The second kappa shape index (κ2) is 7.38. The summed E-state index contributed by atoms with van der Waals surface area (Å²) in [7, 11) is 0. The van der Waals surface area contributed by atoms with Crippen molar-refractivity contribution in [1.29, 1.82) is 10.5 Å². The van der Waals surface area contributed by atoms with Gasteiger partial charge in [-0.05, 0) is 19.1 Å². The molecule has 3 heterocycles. The van der Waals surface area contributed by atoms with Crippen LogP contribution in [-0.2, 0) is 0 Å². The zero-order chi connectivity index (χ0) is 21.6. The first kappa shape index (κ1) is 19.8. The molecule has 0 amide bonds. The van der Waals surface area contributed by atoms with Crippen LogP contribution >= 0.6 is 22.9 Å². The van der Waals surface area contributed by atoms with E-state index in [9.17, 15) is 19.7 Å². The summed E-state index contributed by atoms with van der Waals surface area (Å²) in [4.78, 5) is 15.8. The van der Waals surface area contributed by atoms with Crippen molar-refractivity contribution in [3.63, 3.8) is 0 Å². The fraction of sp³-hybridized carbons (Fsp3) is 0.150. The number of fused-ring (bicyclic) bond motifs is 3. The number of nitrogens with one attached hydrogen (secondary N) is 2. The van der Waals surface area contributed by atoms with Crippen LogP contribution in [0.5, 0.6) is 5.75 Å². The Labute approximate surface area is 178 Å². The standard InChI is InChI=1S/C20H13ClFN5O2S/c1-2-26-20-9(7-24)15-17(30-20)16-14(19(28)27-15)12(8(6-23)18(25)29-16)13-10(21)4-3-5-11(13)22/h3-5,12,26H,2,25H2,1H3,(H,27,28). The molecule has 0 aliphatic carbocycles. The van der Waals surface area contributed by atoms with Crippen LogP contribution in [0.2, 0.25) is 5.02 Å². The minimum absolute atomic E-state index is 0.00837. The summed E-state index contributed by atoms with van der Waals surface area (Å²) in [6.45, 7) is 2.43. The highest BCUT2D eigenvalue weighted by atomic mass is 35.5. The van der Waals surface area contributed by atoms with Crippen molar-refractivity contribution in [3.05, 3.63) is 67.5 Å². The SMILES string of the molecule is CCNc1sc2c3c(c(=O)[nH]c2c1C#N)C(c1c(F)cccc1Cl)C(C#N)=C(N)O3. The Balaban J connectivity index is 2.12. The van der Waals surface area contributed by atoms with Crippen molar-refractivity contribution in [1.82, 2.24) is 4.98 Å². The number of halogens is 2. The predicted octanol–water partition coefficient (Wildman–Crippen LogP) is 3.90. The van der Waals surface area contributed by atoms with Crippen molar-refractivity contribution >= 4 is 38.2 Å². The number of hydrogen-bond donors (Lipinski definition) is 3. The zero-order valence-electron chi connectivity index (χ0n) is 15.5. The lowest BCUT2D eigenvalue weighted by atomic mass is 9.83. The van der Waals surface area contributed by atoms with E-state index in [4.69, 9.17) is 22.1 Å². The maximum atomic E-state index is 14.8. The summed E-state index contributed by atoms with van der Waals surface area (Å²) in [5.41, 5.74) is 5.75. The van der Waals surface area contributed by atoms with Crippen molar-refractivity contribution in [2.75, 3.05) is 11.9 Å². The number of anilines is 1. The highest BCUT2D eigenvalue weighted by Crippen LogP contribution is 2.48. The summed E-state index contributed by atoms with van der Waals surface area (Å²) in [5.74, 6) is -2.01. The molecule has 0 spiro atoms. The van der Waals surface area contributed by atoms with Gasteiger partial charge in [-0.2, -0.15) is 10.5 Å². The summed E-state index contributed by atoms with van der Waals surface area (Å²) in [6, 6.07) is 8.07. The number of benzene rings is 1. The summed E-state index contributed by atoms with van der Waals surface area (Å²) in [6.07, 6.45) is 0. The Morgan fingerprint density at radius 1 is 1.37 bits per heavy atom. The van der Waals surface area contributed by atoms with Gasteiger partial charge in [0.15, 0.2) is 5.75 Å². The lowest BCUT2D eigenvalue weighted by molar-refractivity contribution is 0.396. The number of pyridine rings is 1. The number of aromatic nitrogens is 1. The number of thiophene rings is 1. The molecule has 10 heteroatoms. The zero-order valence-corrected chi connectivity index (χ0v) is 17.0.